The monoisotopic (exact) mass is 593 g/mol. The van der Waals surface area contributed by atoms with Crippen LogP contribution in [0, 0.1) is 0 Å². The summed E-state index contributed by atoms with van der Waals surface area (Å²) in [5.74, 6) is -1.46. The maximum absolute atomic E-state index is 11.7. The lowest BCUT2D eigenvalue weighted by atomic mass is 10.2. The van der Waals surface area contributed by atoms with Crippen LogP contribution in [0.2, 0.25) is 0 Å². The Hall–Kier alpha value is -4.31. The molecule has 6 heterocycles. The molecule has 0 atom stereocenters. The zero-order chi connectivity index (χ0) is 30.2. The van der Waals surface area contributed by atoms with Crippen LogP contribution in [-0.2, 0) is 34.0 Å². The Kier molecular flexibility index (Phi) is 9.99. The van der Waals surface area contributed by atoms with Gasteiger partial charge in [0.1, 0.15) is 11.4 Å². The number of carbonyl (C=O) groups is 3. The largest absolute Gasteiger partial charge is 0.480 e. The number of carbonyl (C=O) groups excluding carboxylic acids is 1. The third kappa shape index (κ3) is 8.61. The number of fused-ring (bicyclic) bond motifs is 8. The molecule has 43 heavy (non-hydrogen) atoms. The van der Waals surface area contributed by atoms with Crippen LogP contribution in [0.4, 0.5) is 0 Å². The molecule has 0 amide bonds. The summed E-state index contributed by atoms with van der Waals surface area (Å²) in [6, 6.07) is 9.10. The summed E-state index contributed by atoms with van der Waals surface area (Å²) in [6.45, 7) is 5.54. The molecule has 6 rings (SSSR count). The Labute approximate surface area is 248 Å². The molecule has 228 valence electrons. The Balaban J connectivity index is 1.58. The van der Waals surface area contributed by atoms with Gasteiger partial charge in [0.15, 0.2) is 0 Å². The maximum Gasteiger partial charge on any atom is 0.317 e. The van der Waals surface area contributed by atoms with E-state index in [0.29, 0.717) is 100 Å². The van der Waals surface area contributed by atoms with Crippen molar-refractivity contribution >= 4 is 18.4 Å². The number of pyridine rings is 2. The van der Waals surface area contributed by atoms with Gasteiger partial charge in [-0.3, -0.25) is 39.0 Å². The molecule has 6 bridgehead atoms. The first kappa shape index (κ1) is 30.2. The maximum atomic E-state index is 11.7. The number of carboxylic acids is 2. The number of hydrogen-bond donors (Lipinski definition) is 2. The van der Waals surface area contributed by atoms with Crippen molar-refractivity contribution in [2.75, 3.05) is 65.4 Å². The minimum absolute atomic E-state index is 0.0946. The summed E-state index contributed by atoms with van der Waals surface area (Å²) in [6.07, 6.45) is 1.64. The third-order valence-corrected chi connectivity index (χ3v) is 7.51. The van der Waals surface area contributed by atoms with Crippen LogP contribution < -0.4 is 4.74 Å². The second-order valence-electron chi connectivity index (χ2n) is 10.7. The fourth-order valence-corrected chi connectivity index (χ4v) is 5.39. The lowest BCUT2D eigenvalue weighted by Crippen LogP contribution is -2.47. The highest BCUT2D eigenvalue weighted by Crippen LogP contribution is 2.21. The van der Waals surface area contributed by atoms with E-state index in [4.69, 9.17) is 14.7 Å². The minimum atomic E-state index is -0.899. The van der Waals surface area contributed by atoms with Gasteiger partial charge in [-0.05, 0) is 12.1 Å². The highest BCUT2D eigenvalue weighted by Gasteiger charge is 2.21. The van der Waals surface area contributed by atoms with Crippen LogP contribution >= 0.6 is 0 Å². The quantitative estimate of drug-likeness (QED) is 0.358. The molecule has 0 unspecified atom stereocenters. The second kappa shape index (κ2) is 14.2. The van der Waals surface area contributed by atoms with Gasteiger partial charge in [-0.2, -0.15) is 0 Å². The molecule has 1 fully saturated rings. The van der Waals surface area contributed by atoms with E-state index in [1.54, 1.807) is 23.0 Å². The molecule has 3 aliphatic rings. The van der Waals surface area contributed by atoms with Gasteiger partial charge < -0.3 is 14.9 Å². The molecule has 3 aromatic rings. The van der Waals surface area contributed by atoms with Gasteiger partial charge >= 0.3 is 11.9 Å². The van der Waals surface area contributed by atoms with Gasteiger partial charge in [-0.15, -0.1) is 5.10 Å². The fourth-order valence-electron chi connectivity index (χ4n) is 5.39. The third-order valence-electron chi connectivity index (χ3n) is 7.51. The van der Waals surface area contributed by atoms with Gasteiger partial charge in [-0.1, -0.05) is 11.3 Å². The van der Waals surface area contributed by atoms with E-state index in [2.05, 4.69) is 20.1 Å². The molecular weight excluding hydrogens is 558 g/mol. The van der Waals surface area contributed by atoms with E-state index in [1.807, 2.05) is 28.0 Å². The molecule has 0 saturated carbocycles. The van der Waals surface area contributed by atoms with Gasteiger partial charge in [-0.25, -0.2) is 9.67 Å². The highest BCUT2D eigenvalue weighted by atomic mass is 16.5. The fraction of sp³-hybridized carbons (Fsp3) is 0.464. The highest BCUT2D eigenvalue weighted by molar-refractivity contribution is 5.69. The Morgan fingerprint density at radius 1 is 0.791 bits per heavy atom. The van der Waals surface area contributed by atoms with Crippen molar-refractivity contribution in [3.63, 3.8) is 0 Å². The molecule has 2 N–H and O–H groups in total. The average molecular weight is 594 g/mol. The predicted octanol–water partition coefficient (Wildman–Crippen LogP) is -0.277. The smallest absolute Gasteiger partial charge is 0.317 e. The van der Waals surface area contributed by atoms with Crippen LogP contribution in [0.5, 0.6) is 5.75 Å². The predicted molar refractivity (Wildman–Crippen MR) is 152 cm³/mol. The van der Waals surface area contributed by atoms with E-state index in [1.165, 1.54) is 0 Å². The standard InChI is InChI=1S/C28H35N9O6/c38-20-43-24-12-22-16-34-6-10-35(18-27(39)40)8-4-33(5-9-36(11-7-34)19-28(41)42)15-21-2-1-3-25(31-21)26-14-29-32-37(26)17-23(13-24)30-22/h1-3,12-14,20H,4-11,15-19H2,(H,39,40)(H,41,42). The van der Waals surface area contributed by atoms with Crippen molar-refractivity contribution in [3.05, 3.63) is 53.6 Å². The second-order valence-corrected chi connectivity index (χ2v) is 10.7. The topological polar surface area (TPSA) is 170 Å². The molecule has 0 radical (unpaired) electrons. The van der Waals surface area contributed by atoms with E-state index in [9.17, 15) is 24.6 Å². The molecule has 3 aromatic heterocycles. The number of ether oxygens (including phenoxy) is 1. The van der Waals surface area contributed by atoms with Gasteiger partial charge in [0.2, 0.25) is 0 Å². The van der Waals surface area contributed by atoms with Crippen LogP contribution in [-0.4, -0.2) is 139 Å². The van der Waals surface area contributed by atoms with Gasteiger partial charge in [0.05, 0.1) is 48.6 Å². The Morgan fingerprint density at radius 3 is 1.95 bits per heavy atom. The summed E-state index contributed by atoms with van der Waals surface area (Å²) in [5, 5.41) is 27.6. The minimum Gasteiger partial charge on any atom is -0.480 e. The molecule has 3 aliphatic heterocycles. The number of aliphatic carboxylic acids is 2. The lowest BCUT2D eigenvalue weighted by Gasteiger charge is -2.33. The SMILES string of the molecule is O=COc1cc2nc(c1)Cn1nncc1-c1cccc(n1)CN1CCN(CC(=O)O)CCN(CCN(CC(=O)O)CC1)C2. The summed E-state index contributed by atoms with van der Waals surface area (Å²) in [4.78, 5) is 52.6. The van der Waals surface area contributed by atoms with Crippen LogP contribution in [0.1, 0.15) is 17.1 Å². The Morgan fingerprint density at radius 2 is 1.37 bits per heavy atom. The van der Waals surface area contributed by atoms with Crippen molar-refractivity contribution in [2.45, 2.75) is 19.6 Å². The summed E-state index contributed by atoms with van der Waals surface area (Å²) < 4.78 is 6.92. The molecule has 0 aromatic carbocycles. The molecule has 1 saturated heterocycles. The van der Waals surface area contributed by atoms with E-state index in [-0.39, 0.29) is 19.6 Å². The van der Waals surface area contributed by atoms with E-state index >= 15 is 0 Å². The molecule has 0 spiro atoms. The average Bonchev–Trinajstić information content (AvgIpc) is 3.41. The van der Waals surface area contributed by atoms with Crippen LogP contribution in [0.25, 0.3) is 11.4 Å². The number of rotatable bonds is 6. The number of aromatic nitrogens is 5. The number of hydrogen-bond acceptors (Lipinski definition) is 12. The molecule has 15 heteroatoms. The van der Waals surface area contributed by atoms with E-state index < -0.39 is 11.9 Å². The lowest BCUT2D eigenvalue weighted by molar-refractivity contribution is -0.139. The van der Waals surface area contributed by atoms with Gasteiger partial charge in [0.25, 0.3) is 6.47 Å². The molecule has 15 nitrogen and oxygen atoms in total. The first-order chi connectivity index (χ1) is 20.8. The first-order valence-corrected chi connectivity index (χ1v) is 14.1. The van der Waals surface area contributed by atoms with Crippen molar-refractivity contribution in [1.82, 2.24) is 44.6 Å². The van der Waals surface area contributed by atoms with Gasteiger partial charge in [0, 0.05) is 77.6 Å². The number of nitrogens with zero attached hydrogens (tertiary/aromatic N) is 9. The molecule has 0 aliphatic carbocycles. The van der Waals surface area contributed by atoms with Crippen molar-refractivity contribution in [1.29, 1.82) is 0 Å². The van der Waals surface area contributed by atoms with E-state index in [0.717, 1.165) is 5.69 Å². The zero-order valence-electron chi connectivity index (χ0n) is 23.8. The normalized spacial score (nSPS) is 20.5. The Bertz CT molecular complexity index is 1400. The van der Waals surface area contributed by atoms with Crippen LogP contribution in [0.15, 0.2) is 36.5 Å². The first-order valence-electron chi connectivity index (χ1n) is 14.1. The van der Waals surface area contributed by atoms with Crippen molar-refractivity contribution in [3.8, 4) is 17.1 Å². The van der Waals surface area contributed by atoms with Crippen LogP contribution in [0.3, 0.4) is 0 Å². The molecular formula is C28H35N9O6. The number of carboxylic acid groups (broad SMARTS) is 2. The zero-order valence-corrected chi connectivity index (χ0v) is 23.8. The summed E-state index contributed by atoms with van der Waals surface area (Å²) in [5.41, 5.74) is 3.43. The summed E-state index contributed by atoms with van der Waals surface area (Å²) in [7, 11) is 0. The van der Waals surface area contributed by atoms with Crippen molar-refractivity contribution < 1.29 is 29.3 Å². The summed E-state index contributed by atoms with van der Waals surface area (Å²) >= 11 is 0. The van der Waals surface area contributed by atoms with Crippen molar-refractivity contribution in [2.24, 2.45) is 0 Å².